The highest BCUT2D eigenvalue weighted by Gasteiger charge is 2.44. The van der Waals surface area contributed by atoms with E-state index in [2.05, 4.69) is 0 Å². The largest absolute Gasteiger partial charge is 0.459 e. The van der Waals surface area contributed by atoms with Gasteiger partial charge in [0.2, 0.25) is 0 Å². The summed E-state index contributed by atoms with van der Waals surface area (Å²) in [5, 5.41) is 21.0. The van der Waals surface area contributed by atoms with Gasteiger partial charge in [-0.15, -0.1) is 0 Å². The summed E-state index contributed by atoms with van der Waals surface area (Å²) in [7, 11) is 0. The lowest BCUT2D eigenvalue weighted by Crippen LogP contribution is -2.52. The fraction of sp³-hybridized carbons (Fsp3) is 0.286. The molecule has 6 nitrogen and oxygen atoms in total. The third kappa shape index (κ3) is 4.87. The van der Waals surface area contributed by atoms with Crippen LogP contribution in [0.5, 0.6) is 0 Å². The number of aryl methyl sites for hydroxylation is 2. The molecular weight excluding hydrogens is 348 g/mol. The number of aldehydes is 1. The molecule has 0 unspecified atom stereocenters. The highest BCUT2D eigenvalue weighted by atomic mass is 16.5. The molecule has 0 amide bonds. The number of aliphatic hydroxyl groups excluding tert-OH is 1. The Balaban J connectivity index is 2.12. The summed E-state index contributed by atoms with van der Waals surface area (Å²) in [6.45, 7) is 3.08. The molecule has 0 fully saturated rings. The predicted octanol–water partition coefficient (Wildman–Crippen LogP) is 2.02. The van der Waals surface area contributed by atoms with E-state index in [9.17, 15) is 24.6 Å². The van der Waals surface area contributed by atoms with E-state index < -0.39 is 36.5 Å². The summed E-state index contributed by atoms with van der Waals surface area (Å²) < 4.78 is 5.01. The van der Waals surface area contributed by atoms with Crippen molar-refractivity contribution < 1.29 is 29.3 Å². The molecule has 0 spiro atoms. The number of hydrogen-bond donors (Lipinski definition) is 2. The van der Waals surface area contributed by atoms with Gasteiger partial charge in [0.15, 0.2) is 11.4 Å². The van der Waals surface area contributed by atoms with Crippen LogP contribution in [-0.4, -0.2) is 46.6 Å². The SMILES string of the molecule is Cc1ccc(C(=O)OC[C@@H](O)[C@@](O)(CC=O)C(=O)c2ccc(C)cc2)cc1. The maximum atomic E-state index is 12.7. The molecular formula is C21H22O6. The highest BCUT2D eigenvalue weighted by molar-refractivity contribution is 6.04. The van der Waals surface area contributed by atoms with Crippen LogP contribution in [0.3, 0.4) is 0 Å². The van der Waals surface area contributed by atoms with Crippen molar-refractivity contribution in [3.63, 3.8) is 0 Å². The van der Waals surface area contributed by atoms with Gasteiger partial charge < -0.3 is 19.7 Å². The lowest BCUT2D eigenvalue weighted by Gasteiger charge is -2.29. The number of carbonyl (C=O) groups excluding carboxylic acids is 3. The minimum Gasteiger partial charge on any atom is -0.459 e. The van der Waals surface area contributed by atoms with Crippen LogP contribution in [0.2, 0.25) is 0 Å². The third-order valence-electron chi connectivity index (χ3n) is 4.31. The second-order valence-electron chi connectivity index (χ2n) is 6.47. The van der Waals surface area contributed by atoms with Crippen molar-refractivity contribution in [3.05, 3.63) is 70.8 Å². The normalized spacial score (nSPS) is 14.1. The number of esters is 1. The van der Waals surface area contributed by atoms with Crippen LogP contribution in [0.25, 0.3) is 0 Å². The van der Waals surface area contributed by atoms with Gasteiger partial charge in [-0.2, -0.15) is 0 Å². The zero-order valence-electron chi connectivity index (χ0n) is 15.2. The van der Waals surface area contributed by atoms with Crippen molar-refractivity contribution in [2.75, 3.05) is 6.61 Å². The van der Waals surface area contributed by atoms with Crippen LogP contribution < -0.4 is 0 Å². The number of aliphatic hydroxyl groups is 2. The van der Waals surface area contributed by atoms with E-state index in [1.54, 1.807) is 36.4 Å². The summed E-state index contributed by atoms with van der Waals surface area (Å²) in [6, 6.07) is 13.0. The van der Waals surface area contributed by atoms with Gasteiger partial charge in [-0.1, -0.05) is 47.5 Å². The van der Waals surface area contributed by atoms with Gasteiger partial charge in [0.25, 0.3) is 0 Å². The second kappa shape index (κ2) is 8.70. The minimum atomic E-state index is -2.38. The Morgan fingerprint density at radius 3 is 1.96 bits per heavy atom. The van der Waals surface area contributed by atoms with Crippen molar-refractivity contribution in [2.45, 2.75) is 32.0 Å². The topological polar surface area (TPSA) is 101 Å². The molecule has 0 aliphatic rings. The Morgan fingerprint density at radius 2 is 1.48 bits per heavy atom. The Hall–Kier alpha value is -2.83. The van der Waals surface area contributed by atoms with Gasteiger partial charge in [-0.25, -0.2) is 4.79 Å². The first kappa shape index (κ1) is 20.5. The highest BCUT2D eigenvalue weighted by Crippen LogP contribution is 2.22. The van der Waals surface area contributed by atoms with E-state index in [4.69, 9.17) is 4.74 Å². The summed E-state index contributed by atoms with van der Waals surface area (Å²) in [4.78, 5) is 35.7. The van der Waals surface area contributed by atoms with E-state index in [0.717, 1.165) is 11.1 Å². The summed E-state index contributed by atoms with van der Waals surface area (Å²) in [5.74, 6) is -1.52. The van der Waals surface area contributed by atoms with E-state index >= 15 is 0 Å². The molecule has 0 aliphatic heterocycles. The van der Waals surface area contributed by atoms with E-state index in [-0.39, 0.29) is 11.1 Å². The molecule has 2 aromatic carbocycles. The number of Topliss-reactive ketones (excluding diaryl/α,β-unsaturated/α-hetero) is 1. The van der Waals surface area contributed by atoms with Crippen LogP contribution >= 0.6 is 0 Å². The van der Waals surface area contributed by atoms with Crippen molar-refractivity contribution in [1.82, 2.24) is 0 Å². The number of ether oxygens (including phenoxy) is 1. The smallest absolute Gasteiger partial charge is 0.338 e. The van der Waals surface area contributed by atoms with E-state index in [1.807, 2.05) is 13.8 Å². The van der Waals surface area contributed by atoms with Crippen LogP contribution in [0.4, 0.5) is 0 Å². The maximum Gasteiger partial charge on any atom is 0.338 e. The lowest BCUT2D eigenvalue weighted by atomic mass is 9.85. The lowest BCUT2D eigenvalue weighted by molar-refractivity contribution is -0.118. The molecule has 2 N–H and O–H groups in total. The van der Waals surface area contributed by atoms with Gasteiger partial charge in [0.1, 0.15) is 19.0 Å². The monoisotopic (exact) mass is 370 g/mol. The molecule has 142 valence electrons. The van der Waals surface area contributed by atoms with Crippen LogP contribution in [-0.2, 0) is 9.53 Å². The Kier molecular flexibility index (Phi) is 6.60. The Morgan fingerprint density at radius 1 is 1.00 bits per heavy atom. The zero-order chi connectivity index (χ0) is 20.0. The average Bonchev–Trinajstić information content (AvgIpc) is 2.66. The van der Waals surface area contributed by atoms with E-state index in [0.29, 0.717) is 6.29 Å². The standard InChI is InChI=1S/C21H22O6/c1-14-3-7-16(8-4-14)19(24)21(26,11-12-22)18(23)13-27-20(25)17-9-5-15(2)6-10-17/h3-10,12,18,23,26H,11,13H2,1-2H3/t18-,21+/m1/s1. The molecule has 0 aromatic heterocycles. The maximum absolute atomic E-state index is 12.7. The summed E-state index contributed by atoms with van der Waals surface area (Å²) in [6.07, 6.45) is -2.04. The van der Waals surface area contributed by atoms with Gasteiger partial charge in [-0.3, -0.25) is 4.79 Å². The number of ketones is 1. The van der Waals surface area contributed by atoms with Crippen molar-refractivity contribution in [2.24, 2.45) is 0 Å². The number of benzene rings is 2. The molecule has 2 atom stereocenters. The first-order valence-electron chi connectivity index (χ1n) is 8.47. The molecule has 0 radical (unpaired) electrons. The van der Waals surface area contributed by atoms with Gasteiger partial charge in [0.05, 0.1) is 5.56 Å². The molecule has 6 heteroatoms. The number of carbonyl (C=O) groups is 3. The molecule has 0 heterocycles. The molecule has 0 aliphatic carbocycles. The van der Waals surface area contributed by atoms with Crippen molar-refractivity contribution >= 4 is 18.0 Å². The third-order valence-corrected chi connectivity index (χ3v) is 4.31. The van der Waals surface area contributed by atoms with Gasteiger partial charge in [-0.05, 0) is 26.0 Å². The van der Waals surface area contributed by atoms with E-state index in [1.165, 1.54) is 12.1 Å². The van der Waals surface area contributed by atoms with Crippen molar-refractivity contribution in [1.29, 1.82) is 0 Å². The fourth-order valence-electron chi connectivity index (χ4n) is 2.53. The second-order valence-corrected chi connectivity index (χ2v) is 6.47. The summed E-state index contributed by atoms with van der Waals surface area (Å²) >= 11 is 0. The molecule has 27 heavy (non-hydrogen) atoms. The zero-order valence-corrected chi connectivity index (χ0v) is 15.2. The fourth-order valence-corrected chi connectivity index (χ4v) is 2.53. The number of rotatable bonds is 8. The Labute approximate surface area is 157 Å². The van der Waals surface area contributed by atoms with Gasteiger partial charge >= 0.3 is 5.97 Å². The number of hydrogen-bond acceptors (Lipinski definition) is 6. The van der Waals surface area contributed by atoms with Crippen molar-refractivity contribution in [3.8, 4) is 0 Å². The van der Waals surface area contributed by atoms with Crippen LogP contribution in [0.1, 0.15) is 38.3 Å². The Bertz CT molecular complexity index is 810. The predicted molar refractivity (Wildman–Crippen MR) is 98.6 cm³/mol. The average molecular weight is 370 g/mol. The van der Waals surface area contributed by atoms with Gasteiger partial charge in [0, 0.05) is 12.0 Å². The molecule has 0 saturated carbocycles. The first-order chi connectivity index (χ1) is 12.8. The molecule has 2 aromatic rings. The van der Waals surface area contributed by atoms with Crippen LogP contribution in [0.15, 0.2) is 48.5 Å². The van der Waals surface area contributed by atoms with Crippen LogP contribution in [0, 0.1) is 13.8 Å². The first-order valence-corrected chi connectivity index (χ1v) is 8.47. The summed E-state index contributed by atoms with van der Waals surface area (Å²) in [5.41, 5.74) is -0.0796. The molecule has 0 bridgehead atoms. The quantitative estimate of drug-likeness (QED) is 0.419. The minimum absolute atomic E-state index is 0.147. The molecule has 2 rings (SSSR count). The molecule has 0 saturated heterocycles.